The lowest BCUT2D eigenvalue weighted by atomic mass is 9.88. The molecule has 0 amide bonds. The van der Waals surface area contributed by atoms with Crippen LogP contribution in [0, 0.1) is 5.82 Å². The molecule has 0 fully saturated rings. The highest BCUT2D eigenvalue weighted by atomic mass is 32.1. The molecule has 0 aliphatic rings. The summed E-state index contributed by atoms with van der Waals surface area (Å²) in [5.41, 5.74) is 2.38. The van der Waals surface area contributed by atoms with Crippen molar-refractivity contribution < 1.29 is 14.4 Å². The molecule has 2 nitrogen and oxygen atoms in total. The molecule has 2 atom stereocenters. The molecule has 0 saturated carbocycles. The smallest absolute Gasteiger partial charge is 0.123 e. The third kappa shape index (κ3) is 4.71. The molecule has 4 heteroatoms. The van der Waals surface area contributed by atoms with Crippen molar-refractivity contribution in [2.75, 3.05) is 13.7 Å². The lowest BCUT2D eigenvalue weighted by molar-refractivity contribution is -0.692. The van der Waals surface area contributed by atoms with Gasteiger partial charge in [-0.2, -0.15) is 0 Å². The van der Waals surface area contributed by atoms with E-state index in [1.165, 1.54) is 10.4 Å². The molecule has 0 unspecified atom stereocenters. The van der Waals surface area contributed by atoms with Gasteiger partial charge in [-0.1, -0.05) is 30.3 Å². The molecule has 3 aromatic rings. The quantitative estimate of drug-likeness (QED) is 0.609. The van der Waals surface area contributed by atoms with Gasteiger partial charge in [0.2, 0.25) is 0 Å². The minimum Gasteiger partial charge on any atom is -0.497 e. The maximum Gasteiger partial charge on any atom is 0.123 e. The second kappa shape index (κ2) is 8.97. The molecule has 0 bridgehead atoms. The van der Waals surface area contributed by atoms with Crippen LogP contribution in [0.25, 0.3) is 0 Å². The van der Waals surface area contributed by atoms with Gasteiger partial charge in [-0.05, 0) is 53.8 Å². The molecule has 1 heterocycles. The Hall–Kier alpha value is -2.17. The van der Waals surface area contributed by atoms with Gasteiger partial charge in [0.25, 0.3) is 0 Å². The van der Waals surface area contributed by atoms with Gasteiger partial charge in [0.05, 0.1) is 18.5 Å². The molecule has 0 spiro atoms. The normalized spacial score (nSPS) is 13.3. The summed E-state index contributed by atoms with van der Waals surface area (Å²) < 4.78 is 18.6. The molecular formula is C22H25FNOS+. The molecule has 2 aromatic carbocycles. The summed E-state index contributed by atoms with van der Waals surface area (Å²) in [4.78, 5) is 1.40. The first-order chi connectivity index (χ1) is 12.7. The van der Waals surface area contributed by atoms with Crippen molar-refractivity contribution in [2.45, 2.75) is 25.3 Å². The summed E-state index contributed by atoms with van der Waals surface area (Å²) >= 11 is 1.80. The van der Waals surface area contributed by atoms with Gasteiger partial charge in [0.1, 0.15) is 17.6 Å². The van der Waals surface area contributed by atoms with Gasteiger partial charge in [0, 0.05) is 12.3 Å². The Bertz CT molecular complexity index is 784. The van der Waals surface area contributed by atoms with Gasteiger partial charge >= 0.3 is 0 Å². The molecule has 2 N–H and O–H groups in total. The first kappa shape index (κ1) is 18.6. The highest BCUT2D eigenvalue weighted by Crippen LogP contribution is 2.29. The molecule has 0 aliphatic carbocycles. The second-order valence-corrected chi connectivity index (χ2v) is 7.47. The number of benzene rings is 2. The van der Waals surface area contributed by atoms with Gasteiger partial charge in [-0.15, -0.1) is 11.3 Å². The zero-order chi connectivity index (χ0) is 18.4. The van der Waals surface area contributed by atoms with E-state index in [9.17, 15) is 4.39 Å². The standard InChI is InChI=1S/C22H24FNOS/c1-16(22-4-3-15-26-22)24-14-13-21(17-5-9-19(23)10-6-17)18-7-11-20(25-2)12-8-18/h3-12,15-16,21,24H,13-14H2,1-2H3/p+1/t16-,21-/m0/s1. The van der Waals surface area contributed by atoms with Crippen LogP contribution in [0.1, 0.15) is 41.3 Å². The summed E-state index contributed by atoms with van der Waals surface area (Å²) in [5.74, 6) is 0.901. The highest BCUT2D eigenvalue weighted by molar-refractivity contribution is 7.10. The number of nitrogens with two attached hydrogens (primary N) is 1. The van der Waals surface area contributed by atoms with Crippen molar-refractivity contribution in [1.29, 1.82) is 0 Å². The van der Waals surface area contributed by atoms with Crippen LogP contribution in [0.15, 0.2) is 66.0 Å². The van der Waals surface area contributed by atoms with Gasteiger partial charge in [-0.3, -0.25) is 0 Å². The van der Waals surface area contributed by atoms with Gasteiger partial charge < -0.3 is 10.1 Å². The number of hydrogen-bond donors (Lipinski definition) is 1. The van der Waals surface area contributed by atoms with Crippen LogP contribution in [-0.2, 0) is 0 Å². The molecule has 0 aliphatic heterocycles. The molecule has 26 heavy (non-hydrogen) atoms. The molecular weight excluding hydrogens is 345 g/mol. The predicted molar refractivity (Wildman–Crippen MR) is 105 cm³/mol. The summed E-state index contributed by atoms with van der Waals surface area (Å²) in [6, 6.07) is 19.8. The lowest BCUT2D eigenvalue weighted by Crippen LogP contribution is -2.84. The van der Waals surface area contributed by atoms with E-state index in [1.807, 2.05) is 24.3 Å². The number of ether oxygens (including phenoxy) is 1. The van der Waals surface area contributed by atoms with E-state index in [2.05, 4.69) is 41.9 Å². The van der Waals surface area contributed by atoms with E-state index in [0.717, 1.165) is 24.3 Å². The third-order valence-corrected chi connectivity index (χ3v) is 5.83. The lowest BCUT2D eigenvalue weighted by Gasteiger charge is -2.19. The minimum absolute atomic E-state index is 0.194. The molecule has 136 valence electrons. The zero-order valence-corrected chi connectivity index (χ0v) is 16.0. The van der Waals surface area contributed by atoms with Crippen molar-refractivity contribution in [3.8, 4) is 5.75 Å². The van der Waals surface area contributed by atoms with E-state index in [4.69, 9.17) is 4.74 Å². The number of thiophene rings is 1. The molecule has 1 aromatic heterocycles. The molecule has 3 rings (SSSR count). The first-order valence-corrected chi connectivity index (χ1v) is 9.81. The van der Waals surface area contributed by atoms with Crippen LogP contribution in [0.4, 0.5) is 4.39 Å². The fraction of sp³-hybridized carbons (Fsp3) is 0.273. The van der Waals surface area contributed by atoms with Crippen LogP contribution in [0.2, 0.25) is 0 Å². The molecule has 0 saturated heterocycles. The third-order valence-electron chi connectivity index (χ3n) is 4.76. The fourth-order valence-corrected chi connectivity index (χ4v) is 4.02. The largest absolute Gasteiger partial charge is 0.497 e. The Kier molecular flexibility index (Phi) is 6.42. The van der Waals surface area contributed by atoms with Crippen LogP contribution < -0.4 is 10.1 Å². The average Bonchev–Trinajstić information content (AvgIpc) is 3.21. The van der Waals surface area contributed by atoms with Crippen LogP contribution >= 0.6 is 11.3 Å². The van der Waals surface area contributed by atoms with E-state index in [-0.39, 0.29) is 11.7 Å². The van der Waals surface area contributed by atoms with Crippen molar-refractivity contribution in [2.24, 2.45) is 0 Å². The fourth-order valence-electron chi connectivity index (χ4n) is 3.24. The summed E-state index contributed by atoms with van der Waals surface area (Å²) in [6.45, 7) is 3.25. The number of hydrogen-bond acceptors (Lipinski definition) is 2. The molecule has 0 radical (unpaired) electrons. The van der Waals surface area contributed by atoms with E-state index in [1.54, 1.807) is 30.6 Å². The monoisotopic (exact) mass is 370 g/mol. The zero-order valence-electron chi connectivity index (χ0n) is 15.2. The Morgan fingerprint density at radius 2 is 1.65 bits per heavy atom. The number of quaternary nitrogens is 1. The predicted octanol–water partition coefficient (Wildman–Crippen LogP) is 4.74. The van der Waals surface area contributed by atoms with E-state index in [0.29, 0.717) is 6.04 Å². The average molecular weight is 371 g/mol. The number of methoxy groups -OCH3 is 1. The van der Waals surface area contributed by atoms with Crippen LogP contribution in [-0.4, -0.2) is 13.7 Å². The van der Waals surface area contributed by atoms with Crippen LogP contribution in [0.5, 0.6) is 5.75 Å². The number of rotatable bonds is 8. The Morgan fingerprint density at radius 3 is 2.23 bits per heavy atom. The maximum absolute atomic E-state index is 13.3. The van der Waals surface area contributed by atoms with Gasteiger partial charge in [0.15, 0.2) is 0 Å². The van der Waals surface area contributed by atoms with Crippen LogP contribution in [0.3, 0.4) is 0 Å². The van der Waals surface area contributed by atoms with Crippen molar-refractivity contribution in [1.82, 2.24) is 0 Å². The second-order valence-electron chi connectivity index (χ2n) is 6.49. The topological polar surface area (TPSA) is 25.8 Å². The summed E-state index contributed by atoms with van der Waals surface area (Å²) in [6.07, 6.45) is 0.994. The Balaban J connectivity index is 1.73. The van der Waals surface area contributed by atoms with E-state index >= 15 is 0 Å². The Labute approximate surface area is 158 Å². The van der Waals surface area contributed by atoms with Gasteiger partial charge in [-0.25, -0.2) is 4.39 Å². The first-order valence-electron chi connectivity index (χ1n) is 8.93. The van der Waals surface area contributed by atoms with Crippen molar-refractivity contribution >= 4 is 11.3 Å². The highest BCUT2D eigenvalue weighted by Gasteiger charge is 2.17. The summed E-state index contributed by atoms with van der Waals surface area (Å²) in [5, 5.41) is 4.50. The maximum atomic E-state index is 13.3. The van der Waals surface area contributed by atoms with Crippen molar-refractivity contribution in [3.05, 3.63) is 87.9 Å². The summed E-state index contributed by atoms with van der Waals surface area (Å²) in [7, 11) is 1.67. The SMILES string of the molecule is COc1ccc([C@@H](CC[NH2+][C@@H](C)c2cccs2)c2ccc(F)cc2)cc1. The number of halogens is 1. The minimum atomic E-state index is -0.194. The Morgan fingerprint density at radius 1 is 1.00 bits per heavy atom. The van der Waals surface area contributed by atoms with Crippen molar-refractivity contribution in [3.63, 3.8) is 0 Å². The van der Waals surface area contributed by atoms with E-state index < -0.39 is 0 Å².